The number of ether oxygens (including phenoxy) is 1. The van der Waals surface area contributed by atoms with Crippen LogP contribution in [0.25, 0.3) is 0 Å². The maximum absolute atomic E-state index is 12.6. The second kappa shape index (κ2) is 8.74. The molecule has 3 aliphatic heterocycles. The van der Waals surface area contributed by atoms with Gasteiger partial charge in [0.25, 0.3) is 0 Å². The van der Waals surface area contributed by atoms with Crippen molar-refractivity contribution in [1.29, 1.82) is 0 Å². The normalized spacial score (nSPS) is 24.2. The van der Waals surface area contributed by atoms with E-state index < -0.39 is 0 Å². The molecule has 3 amide bonds. The van der Waals surface area contributed by atoms with E-state index in [-0.39, 0.29) is 23.5 Å². The predicted molar refractivity (Wildman–Crippen MR) is 111 cm³/mol. The van der Waals surface area contributed by atoms with Crippen LogP contribution in [-0.4, -0.2) is 60.6 Å². The highest BCUT2D eigenvalue weighted by Crippen LogP contribution is 2.40. The maximum Gasteiger partial charge on any atom is 0.317 e. The molecular formula is C23H33N3O3. The van der Waals surface area contributed by atoms with Gasteiger partial charge in [-0.3, -0.25) is 4.79 Å². The number of piperidine rings is 2. The third-order valence-corrected chi connectivity index (χ3v) is 6.87. The monoisotopic (exact) mass is 399 g/mol. The molecule has 6 heteroatoms. The molecule has 3 fully saturated rings. The summed E-state index contributed by atoms with van der Waals surface area (Å²) < 4.78 is 5.74. The van der Waals surface area contributed by atoms with E-state index in [1.54, 1.807) is 0 Å². The van der Waals surface area contributed by atoms with Gasteiger partial charge in [0.1, 0.15) is 0 Å². The summed E-state index contributed by atoms with van der Waals surface area (Å²) in [7, 11) is 0. The molecule has 3 aliphatic rings. The summed E-state index contributed by atoms with van der Waals surface area (Å²) in [5, 5.41) is 3.05. The molecule has 3 heterocycles. The van der Waals surface area contributed by atoms with Crippen LogP contribution in [-0.2, 0) is 16.1 Å². The first kappa shape index (κ1) is 20.2. The van der Waals surface area contributed by atoms with Crippen molar-refractivity contribution >= 4 is 11.9 Å². The van der Waals surface area contributed by atoms with Crippen LogP contribution in [0.1, 0.15) is 49.7 Å². The number of amides is 3. The molecule has 0 bridgehead atoms. The summed E-state index contributed by atoms with van der Waals surface area (Å²) in [6.07, 6.45) is 5.90. The van der Waals surface area contributed by atoms with Gasteiger partial charge < -0.3 is 19.9 Å². The fraction of sp³-hybridized carbons (Fsp3) is 0.652. The maximum atomic E-state index is 12.6. The average Bonchev–Trinajstić information content (AvgIpc) is 3.24. The summed E-state index contributed by atoms with van der Waals surface area (Å²) in [5.74, 6) is 0.268. The molecule has 1 spiro atoms. The molecule has 158 valence electrons. The standard InChI is InChI=1S/C23H33N3O3/c1-18-4-6-19(7-5-18)15-24-22(28)25-12-10-23(11-13-25)9-8-21(27)26(17-23)16-20-3-2-14-29-20/h4-7,20H,2-3,8-17H2,1H3,(H,24,28)/t20-/m0/s1. The lowest BCUT2D eigenvalue weighted by atomic mass is 9.72. The van der Waals surface area contributed by atoms with Crippen LogP contribution < -0.4 is 5.32 Å². The second-order valence-electron chi connectivity index (χ2n) is 9.04. The molecule has 0 unspecified atom stereocenters. The molecule has 6 nitrogen and oxygen atoms in total. The van der Waals surface area contributed by atoms with Crippen LogP contribution in [0.15, 0.2) is 24.3 Å². The molecule has 0 aromatic heterocycles. The fourth-order valence-corrected chi connectivity index (χ4v) is 4.89. The Hall–Kier alpha value is -2.08. The Labute approximate surface area is 173 Å². The number of benzene rings is 1. The number of rotatable bonds is 4. The molecular weight excluding hydrogens is 366 g/mol. The molecule has 3 saturated heterocycles. The second-order valence-corrected chi connectivity index (χ2v) is 9.04. The Morgan fingerprint density at radius 1 is 1.21 bits per heavy atom. The average molecular weight is 400 g/mol. The topological polar surface area (TPSA) is 61.9 Å². The van der Waals surface area contributed by atoms with Gasteiger partial charge in [0.05, 0.1) is 6.10 Å². The smallest absolute Gasteiger partial charge is 0.317 e. The summed E-state index contributed by atoms with van der Waals surface area (Å²) in [4.78, 5) is 29.0. The predicted octanol–water partition coefficient (Wildman–Crippen LogP) is 3.09. The summed E-state index contributed by atoms with van der Waals surface area (Å²) in [5.41, 5.74) is 2.51. The molecule has 0 aliphatic carbocycles. The Balaban J connectivity index is 1.26. The fourth-order valence-electron chi connectivity index (χ4n) is 4.89. The SMILES string of the molecule is Cc1ccc(CNC(=O)N2CCC3(CCC(=O)N(C[C@@H]4CCCO4)C3)CC2)cc1. The van der Waals surface area contributed by atoms with E-state index in [1.807, 2.05) is 9.80 Å². The highest BCUT2D eigenvalue weighted by Gasteiger charge is 2.42. The van der Waals surface area contributed by atoms with Gasteiger partial charge in [-0.2, -0.15) is 0 Å². The molecule has 4 rings (SSSR count). The molecule has 1 aromatic carbocycles. The first-order chi connectivity index (χ1) is 14.0. The Kier molecular flexibility index (Phi) is 6.09. The number of carbonyl (C=O) groups excluding carboxylic acids is 2. The third-order valence-electron chi connectivity index (χ3n) is 6.87. The number of nitrogens with zero attached hydrogens (tertiary/aromatic N) is 2. The largest absolute Gasteiger partial charge is 0.376 e. The summed E-state index contributed by atoms with van der Waals surface area (Å²) >= 11 is 0. The van der Waals surface area contributed by atoms with Gasteiger partial charge in [-0.15, -0.1) is 0 Å². The molecule has 1 aromatic rings. The molecule has 0 radical (unpaired) electrons. The van der Waals surface area contributed by atoms with Gasteiger partial charge in [-0.05, 0) is 50.0 Å². The van der Waals surface area contributed by atoms with Crippen molar-refractivity contribution in [3.8, 4) is 0 Å². The van der Waals surface area contributed by atoms with Gasteiger partial charge >= 0.3 is 6.03 Å². The van der Waals surface area contributed by atoms with Crippen molar-refractivity contribution < 1.29 is 14.3 Å². The summed E-state index contributed by atoms with van der Waals surface area (Å²) in [6.45, 7) is 6.54. The Bertz CT molecular complexity index is 719. The summed E-state index contributed by atoms with van der Waals surface area (Å²) in [6, 6.07) is 8.27. The number of urea groups is 1. The lowest BCUT2D eigenvalue weighted by molar-refractivity contribution is -0.140. The molecule has 1 atom stereocenters. The van der Waals surface area contributed by atoms with Crippen molar-refractivity contribution in [2.45, 2.75) is 58.1 Å². The lowest BCUT2D eigenvalue weighted by Crippen LogP contribution is -2.54. The van der Waals surface area contributed by atoms with E-state index in [2.05, 4.69) is 36.5 Å². The number of carbonyl (C=O) groups is 2. The van der Waals surface area contributed by atoms with E-state index in [0.717, 1.165) is 70.5 Å². The molecule has 29 heavy (non-hydrogen) atoms. The van der Waals surface area contributed by atoms with E-state index in [4.69, 9.17) is 4.74 Å². The highest BCUT2D eigenvalue weighted by molar-refractivity contribution is 5.77. The van der Waals surface area contributed by atoms with Crippen molar-refractivity contribution in [1.82, 2.24) is 15.1 Å². The van der Waals surface area contributed by atoms with Gasteiger partial charge in [-0.25, -0.2) is 4.79 Å². The number of hydrogen-bond acceptors (Lipinski definition) is 3. The van der Waals surface area contributed by atoms with E-state index in [9.17, 15) is 9.59 Å². The van der Waals surface area contributed by atoms with Crippen LogP contribution in [0.4, 0.5) is 4.79 Å². The first-order valence-corrected chi connectivity index (χ1v) is 11.0. The highest BCUT2D eigenvalue weighted by atomic mass is 16.5. The quantitative estimate of drug-likeness (QED) is 0.846. The van der Waals surface area contributed by atoms with Crippen molar-refractivity contribution in [2.75, 3.05) is 32.8 Å². The molecule has 1 N–H and O–H groups in total. The lowest BCUT2D eigenvalue weighted by Gasteiger charge is -2.47. The van der Waals surface area contributed by atoms with Crippen molar-refractivity contribution in [2.24, 2.45) is 5.41 Å². The number of hydrogen-bond donors (Lipinski definition) is 1. The van der Waals surface area contributed by atoms with Crippen LogP contribution in [0.5, 0.6) is 0 Å². The van der Waals surface area contributed by atoms with Crippen LogP contribution >= 0.6 is 0 Å². The Morgan fingerprint density at radius 2 is 1.97 bits per heavy atom. The zero-order valence-electron chi connectivity index (χ0n) is 17.5. The van der Waals surface area contributed by atoms with E-state index >= 15 is 0 Å². The number of aryl methyl sites for hydroxylation is 1. The third kappa shape index (κ3) is 4.92. The minimum Gasteiger partial charge on any atom is -0.376 e. The van der Waals surface area contributed by atoms with E-state index in [1.165, 1.54) is 5.56 Å². The zero-order valence-corrected chi connectivity index (χ0v) is 17.5. The minimum absolute atomic E-state index is 0.0172. The van der Waals surface area contributed by atoms with E-state index in [0.29, 0.717) is 13.0 Å². The number of likely N-dealkylation sites (tertiary alicyclic amines) is 2. The minimum atomic E-state index is 0.0172. The van der Waals surface area contributed by atoms with Crippen molar-refractivity contribution in [3.63, 3.8) is 0 Å². The van der Waals surface area contributed by atoms with Crippen molar-refractivity contribution in [3.05, 3.63) is 35.4 Å². The first-order valence-electron chi connectivity index (χ1n) is 11.0. The van der Waals surface area contributed by atoms with Crippen LogP contribution in [0.2, 0.25) is 0 Å². The van der Waals surface area contributed by atoms with Gasteiger partial charge in [0.2, 0.25) is 5.91 Å². The van der Waals surface area contributed by atoms with Gasteiger partial charge in [0, 0.05) is 45.8 Å². The number of nitrogens with one attached hydrogen (secondary N) is 1. The molecule has 0 saturated carbocycles. The van der Waals surface area contributed by atoms with Gasteiger partial charge in [-0.1, -0.05) is 29.8 Å². The van der Waals surface area contributed by atoms with Gasteiger partial charge in [0.15, 0.2) is 0 Å². The van der Waals surface area contributed by atoms with Crippen LogP contribution in [0, 0.1) is 12.3 Å². The van der Waals surface area contributed by atoms with Crippen LogP contribution in [0.3, 0.4) is 0 Å². The zero-order chi connectivity index (χ0) is 20.3. The Morgan fingerprint density at radius 3 is 2.66 bits per heavy atom.